The number of aliphatic hydroxyl groups is 1. The molecule has 108 valence electrons. The van der Waals surface area contributed by atoms with Gasteiger partial charge in [0.05, 0.1) is 0 Å². The first-order valence-electron chi connectivity index (χ1n) is 6.64. The molecule has 2 aromatic rings. The lowest BCUT2D eigenvalue weighted by atomic mass is 10.1. The van der Waals surface area contributed by atoms with Crippen LogP contribution in [0.5, 0.6) is 0 Å². The molecular formula is C17H17FN2O. The number of hydrogen-bond acceptors (Lipinski definition) is 3. The lowest BCUT2D eigenvalue weighted by Crippen LogP contribution is -2.18. The van der Waals surface area contributed by atoms with Crippen LogP contribution in [0.2, 0.25) is 0 Å². The average Bonchev–Trinajstić information content (AvgIpc) is 2.48. The van der Waals surface area contributed by atoms with Crippen molar-refractivity contribution in [1.29, 1.82) is 0 Å². The summed E-state index contributed by atoms with van der Waals surface area (Å²) >= 11 is 0. The van der Waals surface area contributed by atoms with Crippen molar-refractivity contribution in [2.75, 3.05) is 13.7 Å². The van der Waals surface area contributed by atoms with Crippen molar-refractivity contribution in [1.82, 2.24) is 9.88 Å². The number of pyridine rings is 1. The minimum atomic E-state index is -0.323. The number of aromatic nitrogens is 1. The second-order valence-electron chi connectivity index (χ2n) is 4.79. The third kappa shape index (κ3) is 4.67. The van der Waals surface area contributed by atoms with E-state index in [9.17, 15) is 4.39 Å². The van der Waals surface area contributed by atoms with Gasteiger partial charge in [-0.25, -0.2) is 4.39 Å². The second-order valence-corrected chi connectivity index (χ2v) is 4.79. The largest absolute Gasteiger partial charge is 0.384 e. The van der Waals surface area contributed by atoms with Crippen LogP contribution in [0.4, 0.5) is 4.39 Å². The van der Waals surface area contributed by atoms with Crippen molar-refractivity contribution < 1.29 is 9.50 Å². The Balaban J connectivity index is 2.11. The molecule has 3 nitrogen and oxygen atoms in total. The van der Waals surface area contributed by atoms with Gasteiger partial charge in [-0.15, -0.1) is 0 Å². The zero-order valence-electron chi connectivity index (χ0n) is 11.9. The van der Waals surface area contributed by atoms with Crippen LogP contribution >= 0.6 is 0 Å². The summed E-state index contributed by atoms with van der Waals surface area (Å²) in [6, 6.07) is 8.48. The van der Waals surface area contributed by atoms with Crippen LogP contribution in [0.25, 0.3) is 0 Å². The fraction of sp³-hybridized carbons (Fsp3) is 0.235. The Kier molecular flexibility index (Phi) is 5.44. The molecule has 0 radical (unpaired) electrons. The van der Waals surface area contributed by atoms with Gasteiger partial charge in [-0.2, -0.15) is 0 Å². The van der Waals surface area contributed by atoms with Crippen LogP contribution in [0, 0.1) is 17.7 Å². The molecular weight excluding hydrogens is 267 g/mol. The molecule has 0 aliphatic carbocycles. The normalized spacial score (nSPS) is 10.3. The van der Waals surface area contributed by atoms with Crippen molar-refractivity contribution in [2.45, 2.75) is 13.1 Å². The number of nitrogens with zero attached hydrogens (tertiary/aromatic N) is 2. The summed E-state index contributed by atoms with van der Waals surface area (Å²) in [5.41, 5.74) is 2.66. The van der Waals surface area contributed by atoms with Gasteiger partial charge in [-0.1, -0.05) is 24.0 Å². The fourth-order valence-electron chi connectivity index (χ4n) is 2.09. The molecule has 0 fully saturated rings. The second kappa shape index (κ2) is 7.53. The maximum atomic E-state index is 13.3. The van der Waals surface area contributed by atoms with Gasteiger partial charge in [0.1, 0.15) is 12.4 Å². The van der Waals surface area contributed by atoms with Crippen LogP contribution in [-0.2, 0) is 13.1 Å². The Morgan fingerprint density at radius 2 is 2.14 bits per heavy atom. The van der Waals surface area contributed by atoms with E-state index < -0.39 is 0 Å². The van der Waals surface area contributed by atoms with E-state index in [0.717, 1.165) is 17.7 Å². The number of benzene rings is 1. The minimum absolute atomic E-state index is 0.235. The Hall–Kier alpha value is -2.22. The summed E-state index contributed by atoms with van der Waals surface area (Å²) in [4.78, 5) is 6.19. The Labute approximate surface area is 124 Å². The molecule has 0 aliphatic heterocycles. The predicted octanol–water partition coefficient (Wildman–Crippen LogP) is 2.20. The highest BCUT2D eigenvalue weighted by molar-refractivity contribution is 5.41. The van der Waals surface area contributed by atoms with E-state index in [1.165, 1.54) is 12.1 Å². The maximum absolute atomic E-state index is 13.3. The molecule has 21 heavy (non-hydrogen) atoms. The van der Waals surface area contributed by atoms with E-state index in [-0.39, 0.29) is 12.4 Å². The van der Waals surface area contributed by atoms with Crippen LogP contribution in [0.3, 0.4) is 0 Å². The highest BCUT2D eigenvalue weighted by Gasteiger charge is 2.06. The first kappa shape index (κ1) is 15.2. The van der Waals surface area contributed by atoms with E-state index in [4.69, 9.17) is 5.11 Å². The van der Waals surface area contributed by atoms with Crippen molar-refractivity contribution in [3.63, 3.8) is 0 Å². The summed E-state index contributed by atoms with van der Waals surface area (Å²) in [6.07, 6.45) is 3.57. The molecule has 0 spiro atoms. The molecule has 1 aromatic heterocycles. The summed E-state index contributed by atoms with van der Waals surface area (Å²) in [6.45, 7) is 1.16. The van der Waals surface area contributed by atoms with Crippen LogP contribution in [0.15, 0.2) is 42.7 Å². The lowest BCUT2D eigenvalue weighted by Gasteiger charge is -2.17. The van der Waals surface area contributed by atoms with Gasteiger partial charge in [0, 0.05) is 31.0 Å². The summed E-state index contributed by atoms with van der Waals surface area (Å²) < 4.78 is 13.3. The van der Waals surface area contributed by atoms with Crippen molar-refractivity contribution >= 4 is 0 Å². The van der Waals surface area contributed by atoms with Crippen LogP contribution in [0.1, 0.15) is 16.7 Å². The molecule has 0 atom stereocenters. The van der Waals surface area contributed by atoms with Gasteiger partial charge in [0.2, 0.25) is 0 Å². The highest BCUT2D eigenvalue weighted by Crippen LogP contribution is 2.14. The monoisotopic (exact) mass is 284 g/mol. The lowest BCUT2D eigenvalue weighted by molar-refractivity contribution is 0.318. The van der Waals surface area contributed by atoms with Gasteiger partial charge < -0.3 is 5.11 Å². The maximum Gasteiger partial charge on any atom is 0.124 e. The van der Waals surface area contributed by atoms with E-state index in [0.29, 0.717) is 12.1 Å². The van der Waals surface area contributed by atoms with Gasteiger partial charge in [0.25, 0.3) is 0 Å². The summed E-state index contributed by atoms with van der Waals surface area (Å²) in [7, 11) is 1.99. The molecule has 0 bridgehead atoms. The zero-order valence-corrected chi connectivity index (χ0v) is 11.9. The topological polar surface area (TPSA) is 36.4 Å². The molecule has 0 saturated heterocycles. The van der Waals surface area contributed by atoms with E-state index >= 15 is 0 Å². The Bertz CT molecular complexity index is 647. The summed E-state index contributed by atoms with van der Waals surface area (Å²) in [5, 5.41) is 8.78. The molecule has 1 heterocycles. The smallest absolute Gasteiger partial charge is 0.124 e. The standard InChI is InChI=1S/C17H17FN2O/c1-20(12-14-4-2-8-19-11-14)13-16-6-7-17(18)10-15(16)5-3-9-21/h2,4,6-8,10-11,21H,9,12-13H2,1H3. The first-order valence-corrected chi connectivity index (χ1v) is 6.64. The van der Waals surface area contributed by atoms with Gasteiger partial charge >= 0.3 is 0 Å². The SMILES string of the molecule is CN(Cc1cccnc1)Cc1ccc(F)cc1C#CCO. The minimum Gasteiger partial charge on any atom is -0.384 e. The van der Waals surface area contributed by atoms with E-state index in [2.05, 4.69) is 21.7 Å². The third-order valence-corrected chi connectivity index (χ3v) is 2.99. The number of aliphatic hydroxyl groups excluding tert-OH is 1. The van der Waals surface area contributed by atoms with Gasteiger partial charge in [-0.3, -0.25) is 9.88 Å². The molecule has 0 amide bonds. The molecule has 2 rings (SSSR count). The quantitative estimate of drug-likeness (QED) is 0.874. The zero-order chi connectivity index (χ0) is 15.1. The van der Waals surface area contributed by atoms with Crippen LogP contribution < -0.4 is 0 Å². The molecule has 4 heteroatoms. The number of rotatable bonds is 4. The van der Waals surface area contributed by atoms with Crippen molar-refractivity contribution in [3.8, 4) is 11.8 Å². The molecule has 0 aliphatic rings. The molecule has 1 N–H and O–H groups in total. The third-order valence-electron chi connectivity index (χ3n) is 2.99. The van der Waals surface area contributed by atoms with Crippen LogP contribution in [-0.4, -0.2) is 28.6 Å². The van der Waals surface area contributed by atoms with E-state index in [1.54, 1.807) is 12.3 Å². The average molecular weight is 284 g/mol. The van der Waals surface area contributed by atoms with Gasteiger partial charge in [0.15, 0.2) is 0 Å². The summed E-state index contributed by atoms with van der Waals surface area (Å²) in [5.74, 6) is 5.04. The highest BCUT2D eigenvalue weighted by atomic mass is 19.1. The van der Waals surface area contributed by atoms with Crippen molar-refractivity contribution in [2.24, 2.45) is 0 Å². The molecule has 1 aromatic carbocycles. The molecule has 0 unspecified atom stereocenters. The Morgan fingerprint density at radius 1 is 1.29 bits per heavy atom. The number of halogens is 1. The Morgan fingerprint density at radius 3 is 2.86 bits per heavy atom. The van der Waals surface area contributed by atoms with Crippen molar-refractivity contribution in [3.05, 3.63) is 65.2 Å². The molecule has 0 saturated carbocycles. The first-order chi connectivity index (χ1) is 10.2. The predicted molar refractivity (Wildman–Crippen MR) is 79.8 cm³/mol. The van der Waals surface area contributed by atoms with E-state index in [1.807, 2.05) is 25.4 Å². The van der Waals surface area contributed by atoms with Gasteiger partial charge in [-0.05, 0) is 36.4 Å². The number of hydrogen-bond donors (Lipinski definition) is 1. The fourth-order valence-corrected chi connectivity index (χ4v) is 2.09.